The van der Waals surface area contributed by atoms with Crippen LogP contribution >= 0.6 is 0 Å². The van der Waals surface area contributed by atoms with Gasteiger partial charge in [-0.25, -0.2) is 0 Å². The van der Waals surface area contributed by atoms with Gasteiger partial charge in [-0.05, 0) is 32.6 Å². The number of ether oxygens (including phenoxy) is 2. The maximum atomic E-state index is 11.4. The zero-order valence-electron chi connectivity index (χ0n) is 12.7. The third-order valence-corrected chi connectivity index (χ3v) is 2.85. The maximum absolute atomic E-state index is 11.4. The van der Waals surface area contributed by atoms with Gasteiger partial charge in [0.1, 0.15) is 0 Å². The number of carbonyl (C=O) groups is 1. The van der Waals surface area contributed by atoms with Crippen molar-refractivity contribution in [1.29, 1.82) is 0 Å². The molecular formula is C16H30O3. The summed E-state index contributed by atoms with van der Waals surface area (Å²) in [6.45, 7) is 6.21. The van der Waals surface area contributed by atoms with Crippen molar-refractivity contribution in [2.75, 3.05) is 19.8 Å². The summed E-state index contributed by atoms with van der Waals surface area (Å²) in [6.07, 6.45) is 12.3. The summed E-state index contributed by atoms with van der Waals surface area (Å²) < 4.78 is 10.3. The largest absolute Gasteiger partial charge is 0.466 e. The normalized spacial score (nSPS) is 11.1. The first kappa shape index (κ1) is 18.2. The molecule has 0 atom stereocenters. The second-order valence-electron chi connectivity index (χ2n) is 4.66. The molecule has 0 aliphatic heterocycles. The van der Waals surface area contributed by atoms with E-state index in [2.05, 4.69) is 19.1 Å². The number of esters is 1. The van der Waals surface area contributed by atoms with Gasteiger partial charge in [-0.1, -0.05) is 38.3 Å². The van der Waals surface area contributed by atoms with Gasteiger partial charge in [0.2, 0.25) is 0 Å². The van der Waals surface area contributed by atoms with Gasteiger partial charge in [-0.15, -0.1) is 0 Å². The molecule has 0 unspecified atom stereocenters. The average molecular weight is 270 g/mol. The van der Waals surface area contributed by atoms with Crippen molar-refractivity contribution >= 4 is 5.97 Å². The fourth-order valence-corrected chi connectivity index (χ4v) is 1.69. The third kappa shape index (κ3) is 15.1. The fourth-order valence-electron chi connectivity index (χ4n) is 1.69. The second kappa shape index (κ2) is 15.2. The molecule has 0 rings (SSSR count). The lowest BCUT2D eigenvalue weighted by atomic mass is 10.1. The molecule has 0 aromatic rings. The first-order valence-corrected chi connectivity index (χ1v) is 7.69. The maximum Gasteiger partial charge on any atom is 0.305 e. The first-order chi connectivity index (χ1) is 9.31. The summed E-state index contributed by atoms with van der Waals surface area (Å²) >= 11 is 0. The minimum Gasteiger partial charge on any atom is -0.466 e. The molecule has 0 heterocycles. The molecule has 0 fully saturated rings. The monoisotopic (exact) mass is 270 g/mol. The van der Waals surface area contributed by atoms with E-state index in [4.69, 9.17) is 9.47 Å². The predicted molar refractivity (Wildman–Crippen MR) is 79.2 cm³/mol. The van der Waals surface area contributed by atoms with Crippen LogP contribution < -0.4 is 0 Å². The van der Waals surface area contributed by atoms with Gasteiger partial charge >= 0.3 is 5.97 Å². The van der Waals surface area contributed by atoms with Crippen LogP contribution in [-0.4, -0.2) is 25.8 Å². The standard InChI is InChI=1S/C16H30O3/c1-3-5-11-15-19-16(17)13-10-8-6-7-9-12-14-18-4-2/h9,12H,3-8,10-11,13-15H2,1-2H3. The Morgan fingerprint density at radius 3 is 2.58 bits per heavy atom. The number of hydrogen-bond donors (Lipinski definition) is 0. The number of rotatable bonds is 13. The third-order valence-electron chi connectivity index (χ3n) is 2.85. The van der Waals surface area contributed by atoms with E-state index in [0.717, 1.165) is 51.6 Å². The van der Waals surface area contributed by atoms with Crippen LogP contribution in [0.4, 0.5) is 0 Å². The molecule has 3 heteroatoms. The van der Waals surface area contributed by atoms with Crippen molar-refractivity contribution in [2.24, 2.45) is 0 Å². The first-order valence-electron chi connectivity index (χ1n) is 7.69. The highest BCUT2D eigenvalue weighted by atomic mass is 16.5. The number of hydrogen-bond acceptors (Lipinski definition) is 3. The van der Waals surface area contributed by atoms with Crippen LogP contribution in [0, 0.1) is 0 Å². The van der Waals surface area contributed by atoms with Crippen LogP contribution in [0.5, 0.6) is 0 Å². The molecule has 0 aliphatic carbocycles. The minimum absolute atomic E-state index is 0.0389. The molecule has 0 aromatic carbocycles. The molecule has 19 heavy (non-hydrogen) atoms. The summed E-state index contributed by atoms with van der Waals surface area (Å²) in [6, 6.07) is 0. The van der Waals surface area contributed by atoms with Crippen LogP contribution in [0.25, 0.3) is 0 Å². The van der Waals surface area contributed by atoms with E-state index in [9.17, 15) is 4.79 Å². The predicted octanol–water partition coefficient (Wildman–Crippen LogP) is 4.26. The Balaban J connectivity index is 3.20. The van der Waals surface area contributed by atoms with E-state index in [1.807, 2.05) is 6.92 Å². The molecule has 0 N–H and O–H groups in total. The van der Waals surface area contributed by atoms with E-state index in [-0.39, 0.29) is 5.97 Å². The van der Waals surface area contributed by atoms with Crippen molar-refractivity contribution in [3.63, 3.8) is 0 Å². The topological polar surface area (TPSA) is 35.5 Å². The van der Waals surface area contributed by atoms with Crippen molar-refractivity contribution in [3.05, 3.63) is 12.2 Å². The van der Waals surface area contributed by atoms with Gasteiger partial charge in [0.05, 0.1) is 13.2 Å². The van der Waals surface area contributed by atoms with E-state index in [0.29, 0.717) is 19.6 Å². The van der Waals surface area contributed by atoms with Crippen molar-refractivity contribution < 1.29 is 14.3 Å². The van der Waals surface area contributed by atoms with Gasteiger partial charge in [-0.2, -0.15) is 0 Å². The van der Waals surface area contributed by atoms with E-state index in [1.54, 1.807) is 0 Å². The Labute approximate surface area is 118 Å². The zero-order chi connectivity index (χ0) is 14.2. The average Bonchev–Trinajstić information content (AvgIpc) is 2.42. The quantitative estimate of drug-likeness (QED) is 0.285. The molecule has 0 amide bonds. The highest BCUT2D eigenvalue weighted by Crippen LogP contribution is 2.05. The molecule has 0 spiro atoms. The number of allylic oxidation sites excluding steroid dienone is 1. The van der Waals surface area contributed by atoms with Gasteiger partial charge in [0.15, 0.2) is 0 Å². The van der Waals surface area contributed by atoms with Gasteiger partial charge in [0.25, 0.3) is 0 Å². The van der Waals surface area contributed by atoms with Crippen molar-refractivity contribution in [3.8, 4) is 0 Å². The number of unbranched alkanes of at least 4 members (excludes halogenated alkanes) is 5. The van der Waals surface area contributed by atoms with E-state index >= 15 is 0 Å². The SMILES string of the molecule is CCCCCOC(=O)CCCCCC=CCOCC. The zero-order valence-corrected chi connectivity index (χ0v) is 12.7. The van der Waals surface area contributed by atoms with Crippen LogP contribution in [0.1, 0.15) is 65.2 Å². The Morgan fingerprint density at radius 2 is 1.84 bits per heavy atom. The molecule has 0 bridgehead atoms. The van der Waals surface area contributed by atoms with Gasteiger partial charge < -0.3 is 9.47 Å². The molecule has 0 saturated heterocycles. The highest BCUT2D eigenvalue weighted by molar-refractivity contribution is 5.69. The highest BCUT2D eigenvalue weighted by Gasteiger charge is 2.01. The Bertz CT molecular complexity index is 224. The molecule has 3 nitrogen and oxygen atoms in total. The van der Waals surface area contributed by atoms with Gasteiger partial charge in [-0.3, -0.25) is 4.79 Å². The van der Waals surface area contributed by atoms with Crippen molar-refractivity contribution in [1.82, 2.24) is 0 Å². The van der Waals surface area contributed by atoms with E-state index in [1.165, 1.54) is 0 Å². The van der Waals surface area contributed by atoms with Crippen LogP contribution in [0.2, 0.25) is 0 Å². The summed E-state index contributed by atoms with van der Waals surface area (Å²) in [7, 11) is 0. The number of carbonyl (C=O) groups excluding carboxylic acids is 1. The van der Waals surface area contributed by atoms with E-state index < -0.39 is 0 Å². The Morgan fingerprint density at radius 1 is 1.00 bits per heavy atom. The van der Waals surface area contributed by atoms with Crippen LogP contribution in [0.15, 0.2) is 12.2 Å². The molecule has 0 radical (unpaired) electrons. The lowest BCUT2D eigenvalue weighted by Gasteiger charge is -2.03. The summed E-state index contributed by atoms with van der Waals surface area (Å²) in [5.41, 5.74) is 0. The van der Waals surface area contributed by atoms with Gasteiger partial charge in [0, 0.05) is 13.0 Å². The molecule has 0 aromatic heterocycles. The summed E-state index contributed by atoms with van der Waals surface area (Å²) in [4.78, 5) is 11.4. The second-order valence-corrected chi connectivity index (χ2v) is 4.66. The lowest BCUT2D eigenvalue weighted by Crippen LogP contribution is -2.05. The summed E-state index contributed by atoms with van der Waals surface area (Å²) in [5, 5.41) is 0. The Kier molecular flexibility index (Phi) is 14.6. The Hall–Kier alpha value is -0.830. The molecule has 0 aliphatic rings. The van der Waals surface area contributed by atoms with Crippen molar-refractivity contribution in [2.45, 2.75) is 65.2 Å². The molecule has 112 valence electrons. The minimum atomic E-state index is -0.0389. The summed E-state index contributed by atoms with van der Waals surface area (Å²) in [5.74, 6) is -0.0389. The van der Waals surface area contributed by atoms with Crippen LogP contribution in [0.3, 0.4) is 0 Å². The molecule has 0 saturated carbocycles. The van der Waals surface area contributed by atoms with Crippen LogP contribution in [-0.2, 0) is 14.3 Å². The smallest absolute Gasteiger partial charge is 0.305 e. The fraction of sp³-hybridized carbons (Fsp3) is 0.812. The lowest BCUT2D eigenvalue weighted by molar-refractivity contribution is -0.143. The molecular weight excluding hydrogens is 240 g/mol.